The van der Waals surface area contributed by atoms with Crippen molar-refractivity contribution in [3.63, 3.8) is 0 Å². The molecule has 2 rings (SSSR count). The number of hydrogen-bond acceptors (Lipinski definition) is 1. The molecule has 112 valence electrons. The predicted molar refractivity (Wildman–Crippen MR) is 88.4 cm³/mol. The highest BCUT2D eigenvalue weighted by Gasteiger charge is 2.44. The van der Waals surface area contributed by atoms with Gasteiger partial charge in [-0.05, 0) is 51.1 Å². The smallest absolute Gasteiger partial charge is 0.00832 e. The van der Waals surface area contributed by atoms with Gasteiger partial charge in [0.1, 0.15) is 0 Å². The summed E-state index contributed by atoms with van der Waals surface area (Å²) < 4.78 is 0. The summed E-state index contributed by atoms with van der Waals surface area (Å²) in [7, 11) is 0. The first-order valence-corrected chi connectivity index (χ1v) is 8.39. The number of benzene rings is 1. The lowest BCUT2D eigenvalue weighted by Gasteiger charge is -2.49. The Kier molecular flexibility index (Phi) is 5.26. The topological polar surface area (TPSA) is 12.0 Å². The second-order valence-corrected chi connectivity index (χ2v) is 6.90. The average Bonchev–Trinajstić information content (AvgIpc) is 2.34. The highest BCUT2D eigenvalue weighted by Crippen LogP contribution is 2.49. The fourth-order valence-corrected chi connectivity index (χ4v) is 3.93. The van der Waals surface area contributed by atoms with Crippen LogP contribution in [0.25, 0.3) is 0 Å². The molecule has 0 unspecified atom stereocenters. The van der Waals surface area contributed by atoms with Gasteiger partial charge in [0.25, 0.3) is 0 Å². The molecule has 1 N–H and O–H groups in total. The standard InChI is InChI=1S/C19H31N/c1-5-7-17-12-19(13-17,14-20-8-6-2)18-10-15(3)9-16(4)11-18/h9-11,17,20H,5-8,12-14H2,1-4H3. The van der Waals surface area contributed by atoms with Crippen molar-refractivity contribution in [1.29, 1.82) is 0 Å². The van der Waals surface area contributed by atoms with Crippen LogP contribution in [0.2, 0.25) is 0 Å². The molecule has 0 bridgehead atoms. The third-order valence-corrected chi connectivity index (χ3v) is 4.78. The van der Waals surface area contributed by atoms with Gasteiger partial charge in [-0.15, -0.1) is 0 Å². The Bertz CT molecular complexity index is 404. The second-order valence-electron chi connectivity index (χ2n) is 6.90. The molecule has 0 aromatic heterocycles. The van der Waals surface area contributed by atoms with Crippen molar-refractivity contribution in [2.45, 2.75) is 65.2 Å². The van der Waals surface area contributed by atoms with Gasteiger partial charge in [-0.1, -0.05) is 56.0 Å². The second kappa shape index (κ2) is 6.76. The normalized spacial score (nSPS) is 25.5. The number of hydrogen-bond donors (Lipinski definition) is 1. The van der Waals surface area contributed by atoms with E-state index in [-0.39, 0.29) is 0 Å². The van der Waals surface area contributed by atoms with Crippen LogP contribution in [0.3, 0.4) is 0 Å². The minimum Gasteiger partial charge on any atom is -0.316 e. The molecule has 0 saturated heterocycles. The average molecular weight is 273 g/mol. The summed E-state index contributed by atoms with van der Waals surface area (Å²) in [5.41, 5.74) is 4.81. The minimum atomic E-state index is 0.409. The number of aryl methyl sites for hydroxylation is 2. The number of nitrogens with one attached hydrogen (secondary N) is 1. The van der Waals surface area contributed by atoms with Crippen molar-refractivity contribution >= 4 is 0 Å². The Morgan fingerprint density at radius 3 is 2.25 bits per heavy atom. The first-order valence-electron chi connectivity index (χ1n) is 8.39. The molecule has 0 amide bonds. The van der Waals surface area contributed by atoms with Crippen LogP contribution in [0, 0.1) is 19.8 Å². The maximum atomic E-state index is 3.68. The van der Waals surface area contributed by atoms with Crippen LogP contribution in [0.4, 0.5) is 0 Å². The van der Waals surface area contributed by atoms with E-state index in [2.05, 4.69) is 51.2 Å². The van der Waals surface area contributed by atoms with E-state index in [9.17, 15) is 0 Å². The van der Waals surface area contributed by atoms with E-state index >= 15 is 0 Å². The molecular formula is C19H31N. The monoisotopic (exact) mass is 273 g/mol. The van der Waals surface area contributed by atoms with Crippen molar-refractivity contribution in [3.8, 4) is 0 Å². The van der Waals surface area contributed by atoms with Gasteiger partial charge in [-0.2, -0.15) is 0 Å². The largest absolute Gasteiger partial charge is 0.316 e. The zero-order chi connectivity index (χ0) is 14.6. The van der Waals surface area contributed by atoms with Gasteiger partial charge < -0.3 is 5.32 Å². The van der Waals surface area contributed by atoms with Gasteiger partial charge in [-0.25, -0.2) is 0 Å². The third kappa shape index (κ3) is 3.44. The van der Waals surface area contributed by atoms with Gasteiger partial charge in [0.2, 0.25) is 0 Å². The molecule has 0 atom stereocenters. The predicted octanol–water partition coefficient (Wildman–Crippen LogP) is 4.75. The van der Waals surface area contributed by atoms with E-state index in [1.54, 1.807) is 5.56 Å². The molecule has 0 radical (unpaired) electrons. The van der Waals surface area contributed by atoms with Gasteiger partial charge in [-0.3, -0.25) is 0 Å². The quantitative estimate of drug-likeness (QED) is 0.707. The van der Waals surface area contributed by atoms with E-state index in [4.69, 9.17) is 0 Å². The van der Waals surface area contributed by atoms with Crippen LogP contribution < -0.4 is 5.32 Å². The van der Waals surface area contributed by atoms with E-state index in [0.29, 0.717) is 5.41 Å². The summed E-state index contributed by atoms with van der Waals surface area (Å²) in [6, 6.07) is 7.13. The van der Waals surface area contributed by atoms with Crippen molar-refractivity contribution < 1.29 is 0 Å². The first-order chi connectivity index (χ1) is 9.59. The highest BCUT2D eigenvalue weighted by atomic mass is 14.9. The maximum absolute atomic E-state index is 3.68. The van der Waals surface area contributed by atoms with Crippen LogP contribution in [0.1, 0.15) is 62.6 Å². The van der Waals surface area contributed by atoms with E-state index in [1.165, 1.54) is 43.2 Å². The molecule has 1 nitrogen and oxygen atoms in total. The number of rotatable bonds is 7. The zero-order valence-electron chi connectivity index (χ0n) is 13.8. The highest BCUT2D eigenvalue weighted by molar-refractivity contribution is 5.36. The Morgan fingerprint density at radius 2 is 1.70 bits per heavy atom. The van der Waals surface area contributed by atoms with Crippen LogP contribution in [0.15, 0.2) is 18.2 Å². The van der Waals surface area contributed by atoms with Crippen LogP contribution >= 0.6 is 0 Å². The fourth-order valence-electron chi connectivity index (χ4n) is 3.93. The Balaban J connectivity index is 2.14. The molecule has 1 aromatic carbocycles. The Morgan fingerprint density at radius 1 is 1.05 bits per heavy atom. The molecule has 0 aliphatic heterocycles. The molecule has 1 fully saturated rings. The first kappa shape index (κ1) is 15.6. The van der Waals surface area contributed by atoms with Crippen LogP contribution in [-0.2, 0) is 5.41 Å². The fraction of sp³-hybridized carbons (Fsp3) is 0.684. The van der Waals surface area contributed by atoms with Crippen molar-refractivity contribution in [3.05, 3.63) is 34.9 Å². The van der Waals surface area contributed by atoms with Gasteiger partial charge >= 0.3 is 0 Å². The van der Waals surface area contributed by atoms with Crippen LogP contribution in [-0.4, -0.2) is 13.1 Å². The summed E-state index contributed by atoms with van der Waals surface area (Å²) in [5.74, 6) is 0.948. The lowest BCUT2D eigenvalue weighted by Crippen LogP contribution is -2.48. The molecule has 1 heteroatoms. The molecule has 1 aromatic rings. The van der Waals surface area contributed by atoms with Gasteiger partial charge in [0.05, 0.1) is 0 Å². The van der Waals surface area contributed by atoms with Crippen LogP contribution in [0.5, 0.6) is 0 Å². The summed E-state index contributed by atoms with van der Waals surface area (Å²) in [6.45, 7) is 11.3. The van der Waals surface area contributed by atoms with Crippen molar-refractivity contribution in [1.82, 2.24) is 5.32 Å². The molecule has 1 aliphatic carbocycles. The SMILES string of the molecule is CCCNCC1(c2cc(C)cc(C)c2)CC(CCC)C1. The molecular weight excluding hydrogens is 242 g/mol. The Labute approximate surface area is 125 Å². The van der Waals surface area contributed by atoms with E-state index < -0.39 is 0 Å². The van der Waals surface area contributed by atoms with Gasteiger partial charge in [0, 0.05) is 12.0 Å². The maximum Gasteiger partial charge on any atom is 0.00832 e. The molecule has 0 heterocycles. The zero-order valence-corrected chi connectivity index (χ0v) is 13.8. The van der Waals surface area contributed by atoms with E-state index in [0.717, 1.165) is 19.0 Å². The molecule has 20 heavy (non-hydrogen) atoms. The molecule has 0 spiro atoms. The lowest BCUT2D eigenvalue weighted by molar-refractivity contribution is 0.129. The lowest BCUT2D eigenvalue weighted by atomic mass is 9.57. The summed E-state index contributed by atoms with van der Waals surface area (Å²) >= 11 is 0. The molecule has 1 aliphatic rings. The summed E-state index contributed by atoms with van der Waals surface area (Å²) in [6.07, 6.45) is 6.71. The van der Waals surface area contributed by atoms with Crippen molar-refractivity contribution in [2.24, 2.45) is 5.92 Å². The minimum absolute atomic E-state index is 0.409. The summed E-state index contributed by atoms with van der Waals surface area (Å²) in [5, 5.41) is 3.68. The molecule has 1 saturated carbocycles. The third-order valence-electron chi connectivity index (χ3n) is 4.78. The Hall–Kier alpha value is -0.820. The van der Waals surface area contributed by atoms with E-state index in [1.807, 2.05) is 0 Å². The van der Waals surface area contributed by atoms with Crippen molar-refractivity contribution in [2.75, 3.05) is 13.1 Å². The summed E-state index contributed by atoms with van der Waals surface area (Å²) in [4.78, 5) is 0. The van der Waals surface area contributed by atoms with Gasteiger partial charge in [0.15, 0.2) is 0 Å².